The zero-order valence-electron chi connectivity index (χ0n) is 15.3. The molecule has 3 aliphatic rings. The van der Waals surface area contributed by atoms with Gasteiger partial charge in [0.25, 0.3) is 0 Å². The lowest BCUT2D eigenvalue weighted by Crippen LogP contribution is -2.44. The SMILES string of the molecule is COc1cc(NC(=O)[C@@]23CCCC[C@H]2CNC3)ccc1N1CCCC1=O. The van der Waals surface area contributed by atoms with Crippen molar-refractivity contribution in [2.75, 3.05) is 37.0 Å². The van der Waals surface area contributed by atoms with Gasteiger partial charge in [0.05, 0.1) is 18.2 Å². The number of rotatable bonds is 4. The third-order valence-electron chi connectivity index (χ3n) is 6.29. The molecule has 0 unspecified atom stereocenters. The van der Waals surface area contributed by atoms with Gasteiger partial charge >= 0.3 is 0 Å². The molecule has 0 aromatic heterocycles. The minimum absolute atomic E-state index is 0.110. The average Bonchev–Trinajstić information content (AvgIpc) is 3.28. The Labute approximate surface area is 154 Å². The summed E-state index contributed by atoms with van der Waals surface area (Å²) in [5.41, 5.74) is 1.23. The number of nitrogens with zero attached hydrogens (tertiary/aromatic N) is 1. The van der Waals surface area contributed by atoms with Crippen LogP contribution in [-0.4, -0.2) is 38.6 Å². The zero-order chi connectivity index (χ0) is 18.1. The minimum Gasteiger partial charge on any atom is -0.494 e. The van der Waals surface area contributed by atoms with Crippen LogP contribution >= 0.6 is 0 Å². The first-order valence-electron chi connectivity index (χ1n) is 9.65. The van der Waals surface area contributed by atoms with E-state index in [1.54, 1.807) is 12.0 Å². The Balaban J connectivity index is 1.55. The summed E-state index contributed by atoms with van der Waals surface area (Å²) in [7, 11) is 1.60. The lowest BCUT2D eigenvalue weighted by molar-refractivity contribution is -0.128. The van der Waals surface area contributed by atoms with Gasteiger partial charge in [0, 0.05) is 31.3 Å². The van der Waals surface area contributed by atoms with Crippen molar-refractivity contribution in [3.63, 3.8) is 0 Å². The topological polar surface area (TPSA) is 70.7 Å². The van der Waals surface area contributed by atoms with Crippen molar-refractivity contribution in [3.05, 3.63) is 18.2 Å². The van der Waals surface area contributed by atoms with Crippen LogP contribution in [0.15, 0.2) is 18.2 Å². The van der Waals surface area contributed by atoms with E-state index in [9.17, 15) is 9.59 Å². The molecule has 2 heterocycles. The molecular weight excluding hydrogens is 330 g/mol. The third kappa shape index (κ3) is 2.86. The first kappa shape index (κ1) is 17.3. The summed E-state index contributed by atoms with van der Waals surface area (Å²) in [5.74, 6) is 1.29. The zero-order valence-corrected chi connectivity index (χ0v) is 15.3. The van der Waals surface area contributed by atoms with E-state index in [1.807, 2.05) is 18.2 Å². The molecule has 26 heavy (non-hydrogen) atoms. The van der Waals surface area contributed by atoms with E-state index in [1.165, 1.54) is 6.42 Å². The fraction of sp³-hybridized carbons (Fsp3) is 0.600. The highest BCUT2D eigenvalue weighted by Crippen LogP contribution is 2.44. The maximum absolute atomic E-state index is 13.1. The molecule has 1 aromatic carbocycles. The van der Waals surface area contributed by atoms with Crippen LogP contribution in [-0.2, 0) is 9.59 Å². The summed E-state index contributed by atoms with van der Waals surface area (Å²) in [6, 6.07) is 5.58. The number of amides is 2. The Hall–Kier alpha value is -2.08. The summed E-state index contributed by atoms with van der Waals surface area (Å²) in [4.78, 5) is 26.9. The largest absolute Gasteiger partial charge is 0.494 e. The maximum atomic E-state index is 13.1. The molecule has 0 radical (unpaired) electrons. The predicted octanol–water partition coefficient (Wildman–Crippen LogP) is 2.54. The third-order valence-corrected chi connectivity index (χ3v) is 6.29. The number of ether oxygens (including phenoxy) is 1. The Morgan fingerprint density at radius 2 is 2.23 bits per heavy atom. The normalized spacial score (nSPS) is 28.1. The van der Waals surface area contributed by atoms with Gasteiger partial charge in [-0.05, 0) is 43.9 Å². The number of anilines is 2. The Morgan fingerprint density at radius 3 is 3.00 bits per heavy atom. The number of methoxy groups -OCH3 is 1. The predicted molar refractivity (Wildman–Crippen MR) is 100 cm³/mol. The fourth-order valence-corrected chi connectivity index (χ4v) is 4.83. The van der Waals surface area contributed by atoms with Crippen molar-refractivity contribution in [1.29, 1.82) is 0 Å². The second kappa shape index (κ2) is 6.91. The van der Waals surface area contributed by atoms with Gasteiger partial charge in [-0.3, -0.25) is 9.59 Å². The van der Waals surface area contributed by atoms with Gasteiger partial charge in [-0.25, -0.2) is 0 Å². The lowest BCUT2D eigenvalue weighted by Gasteiger charge is -2.37. The second-order valence-electron chi connectivity index (χ2n) is 7.72. The quantitative estimate of drug-likeness (QED) is 0.869. The van der Waals surface area contributed by atoms with Crippen LogP contribution < -0.4 is 20.3 Å². The van der Waals surface area contributed by atoms with Crippen molar-refractivity contribution in [2.45, 2.75) is 38.5 Å². The molecule has 1 aromatic rings. The highest BCUT2D eigenvalue weighted by Gasteiger charge is 2.49. The van der Waals surface area contributed by atoms with Crippen LogP contribution in [0.1, 0.15) is 38.5 Å². The molecular formula is C20H27N3O3. The Bertz CT molecular complexity index is 720. The van der Waals surface area contributed by atoms with Crippen LogP contribution in [0.4, 0.5) is 11.4 Å². The molecule has 6 heteroatoms. The molecule has 2 amide bonds. The van der Waals surface area contributed by atoms with Crippen LogP contribution in [0.25, 0.3) is 0 Å². The van der Waals surface area contributed by atoms with Crippen molar-refractivity contribution >= 4 is 23.2 Å². The van der Waals surface area contributed by atoms with E-state index in [4.69, 9.17) is 4.74 Å². The highest BCUT2D eigenvalue weighted by atomic mass is 16.5. The van der Waals surface area contributed by atoms with E-state index in [0.717, 1.165) is 56.7 Å². The molecule has 0 bridgehead atoms. The molecule has 3 fully saturated rings. The number of benzene rings is 1. The first-order valence-corrected chi connectivity index (χ1v) is 9.65. The van der Waals surface area contributed by atoms with Crippen LogP contribution in [0.3, 0.4) is 0 Å². The van der Waals surface area contributed by atoms with Crippen LogP contribution in [0, 0.1) is 11.3 Å². The summed E-state index contributed by atoms with van der Waals surface area (Å²) < 4.78 is 5.50. The summed E-state index contributed by atoms with van der Waals surface area (Å²) in [6.45, 7) is 2.42. The minimum atomic E-state index is -0.283. The highest BCUT2D eigenvalue weighted by molar-refractivity contribution is 5.99. The van der Waals surface area contributed by atoms with Gasteiger partial charge in [-0.2, -0.15) is 0 Å². The van der Waals surface area contributed by atoms with Crippen molar-refractivity contribution < 1.29 is 14.3 Å². The molecule has 1 aliphatic carbocycles. The van der Waals surface area contributed by atoms with Crippen molar-refractivity contribution in [3.8, 4) is 5.75 Å². The molecule has 4 rings (SSSR count). The molecule has 2 aliphatic heterocycles. The van der Waals surface area contributed by atoms with Crippen LogP contribution in [0.5, 0.6) is 5.75 Å². The van der Waals surface area contributed by atoms with Gasteiger partial charge in [0.15, 0.2) is 0 Å². The number of carbonyl (C=O) groups excluding carboxylic acids is 2. The van der Waals surface area contributed by atoms with Gasteiger partial charge in [0.1, 0.15) is 5.75 Å². The standard InChI is InChI=1S/C20H27N3O3/c1-26-17-11-15(7-8-16(17)23-10-4-6-18(23)24)22-19(25)20-9-3-2-5-14(20)12-21-13-20/h7-8,11,14,21H,2-6,9-10,12-13H2,1H3,(H,22,25)/t14-,20+/m0/s1. The molecule has 2 saturated heterocycles. The van der Waals surface area contributed by atoms with Crippen LogP contribution in [0.2, 0.25) is 0 Å². The first-order chi connectivity index (χ1) is 12.6. The van der Waals surface area contributed by atoms with Gasteiger partial charge in [-0.1, -0.05) is 12.8 Å². The molecule has 140 valence electrons. The lowest BCUT2D eigenvalue weighted by atomic mass is 9.67. The number of nitrogens with one attached hydrogen (secondary N) is 2. The number of hydrogen-bond donors (Lipinski definition) is 2. The molecule has 6 nitrogen and oxygen atoms in total. The summed E-state index contributed by atoms with van der Waals surface area (Å²) in [6.07, 6.45) is 5.86. The summed E-state index contributed by atoms with van der Waals surface area (Å²) in [5, 5.41) is 6.53. The summed E-state index contributed by atoms with van der Waals surface area (Å²) >= 11 is 0. The fourth-order valence-electron chi connectivity index (χ4n) is 4.83. The second-order valence-corrected chi connectivity index (χ2v) is 7.72. The number of fused-ring (bicyclic) bond motifs is 1. The molecule has 1 saturated carbocycles. The molecule has 2 N–H and O–H groups in total. The average molecular weight is 357 g/mol. The Kier molecular flexibility index (Phi) is 4.61. The monoisotopic (exact) mass is 357 g/mol. The van der Waals surface area contributed by atoms with Gasteiger partial charge in [-0.15, -0.1) is 0 Å². The van der Waals surface area contributed by atoms with Crippen molar-refractivity contribution in [2.24, 2.45) is 11.3 Å². The number of hydrogen-bond acceptors (Lipinski definition) is 4. The van der Waals surface area contributed by atoms with E-state index in [2.05, 4.69) is 10.6 Å². The van der Waals surface area contributed by atoms with E-state index < -0.39 is 0 Å². The van der Waals surface area contributed by atoms with E-state index in [0.29, 0.717) is 18.1 Å². The van der Waals surface area contributed by atoms with E-state index >= 15 is 0 Å². The maximum Gasteiger partial charge on any atom is 0.232 e. The van der Waals surface area contributed by atoms with Gasteiger partial charge in [0.2, 0.25) is 11.8 Å². The molecule has 0 spiro atoms. The van der Waals surface area contributed by atoms with E-state index in [-0.39, 0.29) is 17.2 Å². The number of carbonyl (C=O) groups is 2. The Morgan fingerprint density at radius 1 is 1.35 bits per heavy atom. The van der Waals surface area contributed by atoms with Gasteiger partial charge < -0.3 is 20.3 Å². The smallest absolute Gasteiger partial charge is 0.232 e. The molecule has 2 atom stereocenters. The van der Waals surface area contributed by atoms with Crippen molar-refractivity contribution in [1.82, 2.24) is 5.32 Å².